The Morgan fingerprint density at radius 1 is 1.29 bits per heavy atom. The lowest BCUT2D eigenvalue weighted by Gasteiger charge is -2.39. The van der Waals surface area contributed by atoms with Gasteiger partial charge in [0.2, 0.25) is 5.66 Å². The molecule has 3 aromatic rings. The van der Waals surface area contributed by atoms with Crippen molar-refractivity contribution in [2.75, 3.05) is 6.61 Å². The number of rotatable bonds is 5. The molecule has 0 saturated heterocycles. The molecule has 0 saturated carbocycles. The average Bonchev–Trinajstić information content (AvgIpc) is 3.37. The predicted molar refractivity (Wildman–Crippen MR) is 126 cm³/mol. The van der Waals surface area contributed by atoms with Crippen molar-refractivity contribution in [1.82, 2.24) is 15.9 Å². The number of furan rings is 1. The van der Waals surface area contributed by atoms with Crippen LogP contribution < -0.4 is 10.9 Å². The molecule has 2 unspecified atom stereocenters. The van der Waals surface area contributed by atoms with E-state index < -0.39 is 29.8 Å². The summed E-state index contributed by atoms with van der Waals surface area (Å²) in [7, 11) is 0. The van der Waals surface area contributed by atoms with Gasteiger partial charge in [-0.05, 0) is 48.3 Å². The minimum Gasteiger partial charge on any atom is -0.480 e. The van der Waals surface area contributed by atoms with Gasteiger partial charge in [-0.25, -0.2) is 10.3 Å². The van der Waals surface area contributed by atoms with E-state index >= 15 is 0 Å². The highest BCUT2D eigenvalue weighted by Gasteiger charge is 2.52. The third-order valence-electron chi connectivity index (χ3n) is 6.20. The quantitative estimate of drug-likeness (QED) is 0.446. The van der Waals surface area contributed by atoms with E-state index in [1.54, 1.807) is 0 Å². The van der Waals surface area contributed by atoms with Gasteiger partial charge in [0.25, 0.3) is 0 Å². The molecule has 11 heteroatoms. The first kappa shape index (κ1) is 22.4. The number of alkyl carbamates (subject to hydrolysis) is 1. The summed E-state index contributed by atoms with van der Waals surface area (Å²) in [6.07, 6.45) is -0.815. The van der Waals surface area contributed by atoms with Gasteiger partial charge in [0.05, 0.1) is 10.5 Å². The Morgan fingerprint density at radius 3 is 2.82 bits per heavy atom. The number of aryl methyl sites for hydroxylation is 1. The van der Waals surface area contributed by atoms with Crippen LogP contribution in [0.15, 0.2) is 55.6 Å². The number of aliphatic carboxylic acids is 1. The van der Waals surface area contributed by atoms with E-state index in [2.05, 4.69) is 32.0 Å². The second kappa shape index (κ2) is 8.10. The molecule has 2 bridgehead atoms. The number of hydrazine groups is 1. The number of nitrogens with one attached hydrogen (secondary N) is 2. The molecule has 2 aromatic carbocycles. The highest BCUT2D eigenvalue weighted by Crippen LogP contribution is 2.54. The average molecular weight is 528 g/mol. The van der Waals surface area contributed by atoms with Gasteiger partial charge in [-0.15, -0.1) is 5.11 Å². The van der Waals surface area contributed by atoms with E-state index in [-0.39, 0.29) is 6.61 Å². The zero-order valence-electron chi connectivity index (χ0n) is 18.6. The molecule has 3 N–H and O–H groups in total. The molecule has 1 spiro atoms. The number of halogens is 1. The van der Waals surface area contributed by atoms with Crippen LogP contribution in [0, 0.1) is 6.92 Å². The number of carboxylic acids is 1. The van der Waals surface area contributed by atoms with Crippen molar-refractivity contribution < 1.29 is 23.8 Å². The summed E-state index contributed by atoms with van der Waals surface area (Å²) in [5.41, 5.74) is 6.30. The summed E-state index contributed by atoms with van der Waals surface area (Å²) in [5.74, 6) is -0.436. The summed E-state index contributed by atoms with van der Waals surface area (Å²) >= 11 is 3.75. The highest BCUT2D eigenvalue weighted by atomic mass is 79.9. The Morgan fingerprint density at radius 2 is 2.06 bits per heavy atom. The number of carbonyl (C=O) groups is 2. The Balaban J connectivity index is 1.58. The normalized spacial score (nSPS) is 20.1. The van der Waals surface area contributed by atoms with Crippen LogP contribution in [-0.4, -0.2) is 40.9 Å². The van der Waals surface area contributed by atoms with Crippen molar-refractivity contribution in [3.8, 4) is 11.3 Å². The van der Waals surface area contributed by atoms with Gasteiger partial charge < -0.3 is 19.6 Å². The van der Waals surface area contributed by atoms with Crippen LogP contribution in [0.1, 0.15) is 30.5 Å². The van der Waals surface area contributed by atoms with E-state index in [4.69, 9.17) is 19.4 Å². The maximum Gasteiger partial charge on any atom is 0.407 e. The zero-order chi connectivity index (χ0) is 24.2. The number of amides is 1. The molecule has 1 aliphatic heterocycles. The summed E-state index contributed by atoms with van der Waals surface area (Å²) in [6, 6.07) is 10.3. The molecule has 1 aromatic heterocycles. The Hall–Kier alpha value is -3.44. The summed E-state index contributed by atoms with van der Waals surface area (Å²) in [6.45, 7) is 5.21. The van der Waals surface area contributed by atoms with Gasteiger partial charge in [0.1, 0.15) is 24.0 Å². The van der Waals surface area contributed by atoms with E-state index in [0.29, 0.717) is 5.76 Å². The van der Waals surface area contributed by atoms with Crippen LogP contribution in [0.25, 0.3) is 22.3 Å². The standard InChI is InChI=1S/C23H22BrN5O5/c1-11-8-9-16-17-18(11)23(15-7-5-4-6-14(15)20(34-16)19(17)24)26-27-28-29(23)12(2)10-33-22(32)25-13(3)21(30)31/h4-9,12-13H,10H2,1-3H3,(H,25,32)(H,26,28)(H,30,31)/t12?,13-,23?/m0/s1. The Kier molecular flexibility index (Phi) is 5.33. The fourth-order valence-electron chi connectivity index (χ4n) is 4.59. The van der Waals surface area contributed by atoms with Gasteiger partial charge in [-0.3, -0.25) is 4.79 Å². The fraction of sp³-hybridized carbons (Fsp3) is 0.304. The van der Waals surface area contributed by atoms with Gasteiger partial charge in [0, 0.05) is 22.1 Å². The summed E-state index contributed by atoms with van der Waals surface area (Å²) in [4.78, 5) is 23.1. The predicted octanol–water partition coefficient (Wildman–Crippen LogP) is 4.46. The van der Waals surface area contributed by atoms with Crippen molar-refractivity contribution in [3.05, 3.63) is 57.6 Å². The van der Waals surface area contributed by atoms with Crippen LogP contribution in [-0.2, 0) is 15.2 Å². The number of carbonyl (C=O) groups excluding carboxylic acids is 1. The first-order chi connectivity index (χ1) is 16.3. The SMILES string of the molecule is Cc1ccc2oc3c(Br)c2c1C1(N=NNN1C(C)COC(=O)N[C@@H](C)C(=O)O)c1ccccc1-3. The maximum absolute atomic E-state index is 12.1. The third-order valence-corrected chi connectivity index (χ3v) is 6.96. The number of ether oxygens (including phenoxy) is 1. The highest BCUT2D eigenvalue weighted by molar-refractivity contribution is 9.10. The van der Waals surface area contributed by atoms with Gasteiger partial charge in [-0.1, -0.05) is 35.6 Å². The molecular formula is C23H22BrN5O5. The second-order valence-electron chi connectivity index (χ2n) is 8.42. The Labute approximate surface area is 203 Å². The molecule has 0 fully saturated rings. The molecule has 34 heavy (non-hydrogen) atoms. The maximum atomic E-state index is 12.1. The summed E-state index contributed by atoms with van der Waals surface area (Å²) in [5, 5.41) is 23.0. The van der Waals surface area contributed by atoms with E-state index in [9.17, 15) is 9.59 Å². The smallest absolute Gasteiger partial charge is 0.407 e. The van der Waals surface area contributed by atoms with Gasteiger partial charge in [-0.2, -0.15) is 5.01 Å². The second-order valence-corrected chi connectivity index (χ2v) is 9.21. The van der Waals surface area contributed by atoms with Gasteiger partial charge in [0.15, 0.2) is 0 Å². The van der Waals surface area contributed by atoms with Crippen LogP contribution in [0.3, 0.4) is 0 Å². The number of nitrogens with zero attached hydrogens (tertiary/aromatic N) is 3. The minimum atomic E-state index is -1.15. The fourth-order valence-corrected chi connectivity index (χ4v) is 5.28. The first-order valence-corrected chi connectivity index (χ1v) is 11.5. The topological polar surface area (TPSA) is 129 Å². The molecular weight excluding hydrogens is 506 g/mol. The number of carboxylic acid groups (broad SMARTS) is 1. The van der Waals surface area contributed by atoms with Crippen LogP contribution in [0.5, 0.6) is 0 Å². The van der Waals surface area contributed by atoms with Crippen molar-refractivity contribution in [3.63, 3.8) is 0 Å². The van der Waals surface area contributed by atoms with Crippen molar-refractivity contribution in [2.45, 2.75) is 38.5 Å². The molecule has 2 heterocycles. The number of benzene rings is 2. The van der Waals surface area contributed by atoms with Crippen LogP contribution in [0.2, 0.25) is 0 Å². The largest absolute Gasteiger partial charge is 0.480 e. The molecule has 176 valence electrons. The van der Waals surface area contributed by atoms with E-state index in [0.717, 1.165) is 37.7 Å². The summed E-state index contributed by atoms with van der Waals surface area (Å²) < 4.78 is 12.4. The lowest BCUT2D eigenvalue weighted by Crippen LogP contribution is -2.54. The molecule has 2 aliphatic rings. The van der Waals surface area contributed by atoms with Crippen LogP contribution >= 0.6 is 15.9 Å². The van der Waals surface area contributed by atoms with E-state index in [1.165, 1.54) is 6.92 Å². The number of hydrogen-bond donors (Lipinski definition) is 3. The van der Waals surface area contributed by atoms with Crippen molar-refractivity contribution in [2.24, 2.45) is 10.3 Å². The number of hydrogen-bond acceptors (Lipinski definition) is 8. The lowest BCUT2D eigenvalue weighted by molar-refractivity contribution is -0.138. The number of fused-ring (bicyclic) bond motifs is 5. The van der Waals surface area contributed by atoms with E-state index in [1.807, 2.05) is 55.3 Å². The molecule has 1 aliphatic carbocycles. The van der Waals surface area contributed by atoms with Crippen molar-refractivity contribution >= 4 is 39.0 Å². The van der Waals surface area contributed by atoms with Crippen LogP contribution in [0.4, 0.5) is 4.79 Å². The molecule has 3 atom stereocenters. The lowest BCUT2D eigenvalue weighted by atomic mass is 9.84. The first-order valence-electron chi connectivity index (χ1n) is 10.7. The van der Waals surface area contributed by atoms with Crippen molar-refractivity contribution in [1.29, 1.82) is 0 Å². The molecule has 0 radical (unpaired) electrons. The molecule has 10 nitrogen and oxygen atoms in total. The molecule has 5 rings (SSSR count). The minimum absolute atomic E-state index is 0.0356. The monoisotopic (exact) mass is 527 g/mol. The van der Waals surface area contributed by atoms with Gasteiger partial charge >= 0.3 is 12.1 Å². The zero-order valence-corrected chi connectivity index (χ0v) is 20.2. The third kappa shape index (κ3) is 3.18. The molecule has 1 amide bonds. The Bertz CT molecular complexity index is 1360.